The molecule has 2 fully saturated rings. The third-order valence-electron chi connectivity index (χ3n) is 5.00. The molecule has 9 heteroatoms. The van der Waals surface area contributed by atoms with Crippen molar-refractivity contribution in [2.24, 2.45) is 0 Å². The molecule has 2 saturated heterocycles. The van der Waals surface area contributed by atoms with Gasteiger partial charge in [-0.25, -0.2) is 17.5 Å². The van der Waals surface area contributed by atoms with Crippen LogP contribution in [0.25, 0.3) is 0 Å². The minimum absolute atomic E-state index is 0.0890. The Kier molecular flexibility index (Phi) is 6.10. The zero-order valence-corrected chi connectivity index (χ0v) is 16.0. The number of carbonyl (C=O) groups is 1. The molecule has 144 valence electrons. The Morgan fingerprint density at radius 2 is 1.88 bits per heavy atom. The first-order valence-corrected chi connectivity index (χ1v) is 10.9. The highest BCUT2D eigenvalue weighted by Gasteiger charge is 2.29. The normalized spacial score (nSPS) is 23.0. The lowest BCUT2D eigenvalue weighted by atomic mass is 10.1. The van der Waals surface area contributed by atoms with Crippen LogP contribution in [0.3, 0.4) is 0 Å². The first kappa shape index (κ1) is 19.1. The van der Waals surface area contributed by atoms with Crippen LogP contribution in [0.15, 0.2) is 24.5 Å². The molecular weight excluding hydrogens is 354 g/mol. The van der Waals surface area contributed by atoms with Crippen LogP contribution in [-0.4, -0.2) is 85.1 Å². The fourth-order valence-corrected chi connectivity index (χ4v) is 4.39. The van der Waals surface area contributed by atoms with E-state index in [1.54, 1.807) is 12.4 Å². The van der Waals surface area contributed by atoms with E-state index < -0.39 is 10.0 Å². The van der Waals surface area contributed by atoms with E-state index in [1.807, 2.05) is 17.0 Å². The Bertz CT molecular complexity index is 704. The molecule has 0 aliphatic carbocycles. The molecule has 3 heterocycles. The number of amides is 2. The molecule has 1 aromatic rings. The van der Waals surface area contributed by atoms with E-state index in [4.69, 9.17) is 0 Å². The molecule has 1 N–H and O–H groups in total. The van der Waals surface area contributed by atoms with Crippen molar-refractivity contribution in [1.29, 1.82) is 0 Å². The number of aromatic nitrogens is 1. The Morgan fingerprint density at radius 1 is 1.19 bits per heavy atom. The van der Waals surface area contributed by atoms with E-state index in [2.05, 4.69) is 15.2 Å². The summed E-state index contributed by atoms with van der Waals surface area (Å²) in [7, 11) is -3.20. The second kappa shape index (κ2) is 8.32. The second-order valence-corrected chi connectivity index (χ2v) is 9.01. The largest absolute Gasteiger partial charge is 0.334 e. The van der Waals surface area contributed by atoms with Gasteiger partial charge in [0.1, 0.15) is 0 Å². The van der Waals surface area contributed by atoms with Gasteiger partial charge in [-0.3, -0.25) is 9.88 Å². The molecule has 2 amide bonds. The summed E-state index contributed by atoms with van der Waals surface area (Å²) in [5.41, 5.74) is 1.22. The minimum atomic E-state index is -3.20. The summed E-state index contributed by atoms with van der Waals surface area (Å²) in [6.07, 6.45) is 6.41. The molecule has 8 nitrogen and oxygen atoms in total. The average Bonchev–Trinajstić information content (AvgIpc) is 2.63. The highest BCUT2D eigenvalue weighted by atomic mass is 32.2. The summed E-state index contributed by atoms with van der Waals surface area (Å²) in [6, 6.07) is 3.82. The summed E-state index contributed by atoms with van der Waals surface area (Å²) in [4.78, 5) is 20.7. The molecule has 1 atom stereocenters. The average molecular weight is 382 g/mol. The number of piperidine rings is 1. The molecule has 0 aromatic carbocycles. The number of hydrogen-bond acceptors (Lipinski definition) is 5. The van der Waals surface area contributed by atoms with E-state index in [0.29, 0.717) is 26.2 Å². The number of urea groups is 1. The molecule has 1 unspecified atom stereocenters. The number of rotatable bonds is 4. The highest BCUT2D eigenvalue weighted by Crippen LogP contribution is 2.14. The van der Waals surface area contributed by atoms with Crippen molar-refractivity contribution >= 4 is 16.1 Å². The zero-order chi connectivity index (χ0) is 18.6. The highest BCUT2D eigenvalue weighted by molar-refractivity contribution is 7.88. The fourth-order valence-electron chi connectivity index (χ4n) is 3.48. The molecule has 2 aliphatic rings. The quantitative estimate of drug-likeness (QED) is 0.813. The predicted molar refractivity (Wildman–Crippen MR) is 99.1 cm³/mol. The van der Waals surface area contributed by atoms with Crippen molar-refractivity contribution in [3.8, 4) is 0 Å². The van der Waals surface area contributed by atoms with Gasteiger partial charge in [-0.05, 0) is 30.5 Å². The topological polar surface area (TPSA) is 85.8 Å². The summed E-state index contributed by atoms with van der Waals surface area (Å²) in [5.74, 6) is 0. The van der Waals surface area contributed by atoms with Crippen LogP contribution < -0.4 is 5.32 Å². The second-order valence-electron chi connectivity index (χ2n) is 7.03. The van der Waals surface area contributed by atoms with Gasteiger partial charge in [0.05, 0.1) is 6.26 Å². The summed E-state index contributed by atoms with van der Waals surface area (Å²) >= 11 is 0. The third-order valence-corrected chi connectivity index (χ3v) is 6.27. The Labute approximate surface area is 155 Å². The fraction of sp³-hybridized carbons (Fsp3) is 0.647. The molecule has 26 heavy (non-hydrogen) atoms. The van der Waals surface area contributed by atoms with Gasteiger partial charge in [0.25, 0.3) is 0 Å². The van der Waals surface area contributed by atoms with Crippen LogP contribution in [0.5, 0.6) is 0 Å². The molecule has 0 spiro atoms. The van der Waals surface area contributed by atoms with Gasteiger partial charge in [-0.1, -0.05) is 0 Å². The van der Waals surface area contributed by atoms with E-state index in [9.17, 15) is 13.2 Å². The van der Waals surface area contributed by atoms with Gasteiger partial charge in [-0.15, -0.1) is 0 Å². The molecule has 0 radical (unpaired) electrons. The smallest absolute Gasteiger partial charge is 0.317 e. The monoisotopic (exact) mass is 381 g/mol. The number of piperazine rings is 1. The van der Waals surface area contributed by atoms with Gasteiger partial charge < -0.3 is 10.2 Å². The van der Waals surface area contributed by atoms with Crippen LogP contribution in [0.1, 0.15) is 18.4 Å². The number of nitrogens with one attached hydrogen (secondary N) is 1. The zero-order valence-electron chi connectivity index (χ0n) is 15.2. The molecule has 3 rings (SSSR count). The van der Waals surface area contributed by atoms with Crippen LogP contribution in [0.2, 0.25) is 0 Å². The molecular formula is C17H27N5O3S. The molecule has 2 aliphatic heterocycles. The van der Waals surface area contributed by atoms with Crippen molar-refractivity contribution in [1.82, 2.24) is 24.4 Å². The van der Waals surface area contributed by atoms with Crippen molar-refractivity contribution < 1.29 is 13.2 Å². The first-order valence-electron chi connectivity index (χ1n) is 9.03. The Balaban J connectivity index is 1.45. The van der Waals surface area contributed by atoms with E-state index in [0.717, 1.165) is 32.5 Å². The summed E-state index contributed by atoms with van der Waals surface area (Å²) in [5, 5.41) is 3.01. The Hall–Kier alpha value is -1.71. The SMILES string of the molecule is CS(=O)(=O)N1CCCC(NC(=O)N2CCN(Cc3ccncc3)CC2)C1. The third kappa shape index (κ3) is 5.15. The van der Waals surface area contributed by atoms with Gasteiger partial charge in [0, 0.05) is 64.2 Å². The lowest BCUT2D eigenvalue weighted by Gasteiger charge is -2.37. The lowest BCUT2D eigenvalue weighted by Crippen LogP contribution is -2.56. The first-order chi connectivity index (χ1) is 12.4. The maximum Gasteiger partial charge on any atom is 0.317 e. The number of hydrogen-bond donors (Lipinski definition) is 1. The van der Waals surface area contributed by atoms with Crippen molar-refractivity contribution in [3.05, 3.63) is 30.1 Å². The van der Waals surface area contributed by atoms with E-state index in [1.165, 1.54) is 16.1 Å². The minimum Gasteiger partial charge on any atom is -0.334 e. The summed E-state index contributed by atoms with van der Waals surface area (Å²) in [6.45, 7) is 4.79. The van der Waals surface area contributed by atoms with Gasteiger partial charge in [-0.2, -0.15) is 0 Å². The van der Waals surface area contributed by atoms with Gasteiger partial charge >= 0.3 is 6.03 Å². The van der Waals surface area contributed by atoms with Crippen molar-refractivity contribution in [2.75, 3.05) is 45.5 Å². The van der Waals surface area contributed by atoms with Crippen molar-refractivity contribution in [2.45, 2.75) is 25.4 Å². The maximum absolute atomic E-state index is 12.5. The van der Waals surface area contributed by atoms with Crippen molar-refractivity contribution in [3.63, 3.8) is 0 Å². The van der Waals surface area contributed by atoms with Crippen LogP contribution in [0, 0.1) is 0 Å². The number of sulfonamides is 1. The molecule has 1 aromatic heterocycles. The number of pyridine rings is 1. The van der Waals surface area contributed by atoms with E-state index in [-0.39, 0.29) is 12.1 Å². The molecule has 0 bridgehead atoms. The lowest BCUT2D eigenvalue weighted by molar-refractivity contribution is 0.131. The van der Waals surface area contributed by atoms with Crippen LogP contribution >= 0.6 is 0 Å². The summed E-state index contributed by atoms with van der Waals surface area (Å²) < 4.78 is 24.9. The van der Waals surface area contributed by atoms with Crippen LogP contribution in [0.4, 0.5) is 4.79 Å². The maximum atomic E-state index is 12.5. The number of carbonyl (C=O) groups excluding carboxylic acids is 1. The number of nitrogens with zero attached hydrogens (tertiary/aromatic N) is 4. The van der Waals surface area contributed by atoms with Gasteiger partial charge in [0.15, 0.2) is 0 Å². The predicted octanol–water partition coefficient (Wildman–Crippen LogP) is 0.333. The van der Waals surface area contributed by atoms with E-state index >= 15 is 0 Å². The van der Waals surface area contributed by atoms with Crippen LogP contribution in [-0.2, 0) is 16.6 Å². The van der Waals surface area contributed by atoms with Gasteiger partial charge in [0.2, 0.25) is 10.0 Å². The Morgan fingerprint density at radius 3 is 2.54 bits per heavy atom. The molecule has 0 saturated carbocycles. The standard InChI is InChI=1S/C17H27N5O3S/c1-26(24,25)22-8-2-3-16(14-22)19-17(23)21-11-9-20(10-12-21)13-15-4-6-18-7-5-15/h4-7,16H,2-3,8-14H2,1H3,(H,19,23).